The van der Waals surface area contributed by atoms with E-state index in [9.17, 15) is 19.7 Å². The molecule has 1 atom stereocenters. The predicted molar refractivity (Wildman–Crippen MR) is 150 cm³/mol. The molecule has 39 heavy (non-hydrogen) atoms. The highest BCUT2D eigenvalue weighted by Crippen LogP contribution is 2.44. The van der Waals surface area contributed by atoms with E-state index in [0.29, 0.717) is 26.6 Å². The third-order valence-corrected chi connectivity index (χ3v) is 8.63. The van der Waals surface area contributed by atoms with Crippen molar-refractivity contribution in [1.29, 1.82) is 0 Å². The third kappa shape index (κ3) is 4.49. The summed E-state index contributed by atoms with van der Waals surface area (Å²) < 4.78 is 6.63. The standard InChI is InChI=1S/C28H20N4O5S2/c1-15-6-9-17(10-7-15)14-38-28-30-29-27(39-28)31-23(18-4-3-5-19(13-18)32(35)36)22-24(33)20-12-16(2)8-11-21(20)37-25(22)26(31)34/h3-13,23H,14H2,1-2H3/t23-/m1/s1. The molecular weight excluding hydrogens is 536 g/mol. The number of aryl methyl sites for hydroxylation is 2. The average Bonchev–Trinajstić information content (AvgIpc) is 3.51. The van der Waals surface area contributed by atoms with E-state index in [0.717, 1.165) is 11.1 Å². The Morgan fingerprint density at radius 1 is 1.03 bits per heavy atom. The number of anilines is 1. The number of carbonyl (C=O) groups is 1. The zero-order valence-corrected chi connectivity index (χ0v) is 22.4. The maximum absolute atomic E-state index is 13.8. The largest absolute Gasteiger partial charge is 0.450 e. The lowest BCUT2D eigenvalue weighted by Gasteiger charge is -2.21. The van der Waals surface area contributed by atoms with Gasteiger partial charge in [0.25, 0.3) is 11.6 Å². The fourth-order valence-corrected chi connectivity index (χ4v) is 6.42. The number of aromatic nitrogens is 2. The molecule has 3 aromatic carbocycles. The van der Waals surface area contributed by atoms with Gasteiger partial charge in [-0.05, 0) is 37.1 Å². The van der Waals surface area contributed by atoms with Crippen molar-refractivity contribution in [2.45, 2.75) is 30.0 Å². The van der Waals surface area contributed by atoms with Crippen LogP contribution in [-0.2, 0) is 5.75 Å². The quantitative estimate of drug-likeness (QED) is 0.105. The molecule has 1 amide bonds. The molecule has 0 saturated heterocycles. The van der Waals surface area contributed by atoms with Crippen molar-refractivity contribution in [3.05, 3.63) is 121 Å². The van der Waals surface area contributed by atoms with E-state index in [2.05, 4.69) is 10.2 Å². The number of thioether (sulfide) groups is 1. The molecule has 6 rings (SSSR count). The minimum Gasteiger partial charge on any atom is -0.450 e. The molecule has 0 N–H and O–H groups in total. The minimum atomic E-state index is -0.962. The first-order chi connectivity index (χ1) is 18.8. The van der Waals surface area contributed by atoms with Crippen LogP contribution < -0.4 is 10.3 Å². The predicted octanol–water partition coefficient (Wildman–Crippen LogP) is 6.21. The number of benzene rings is 3. The first-order valence-electron chi connectivity index (χ1n) is 12.0. The number of amides is 1. The molecule has 1 aliphatic rings. The molecule has 0 radical (unpaired) electrons. The van der Waals surface area contributed by atoms with Crippen LogP contribution in [0.5, 0.6) is 0 Å². The van der Waals surface area contributed by atoms with Gasteiger partial charge < -0.3 is 4.42 Å². The van der Waals surface area contributed by atoms with Crippen LogP contribution >= 0.6 is 23.1 Å². The molecule has 9 nitrogen and oxygen atoms in total. The SMILES string of the molecule is Cc1ccc(CSc2nnc(N3C(=O)c4oc5ccc(C)cc5c(=O)c4[C@H]3c3cccc([N+](=O)[O-])c3)s2)cc1. The fourth-order valence-electron chi connectivity index (χ4n) is 4.60. The first-order valence-corrected chi connectivity index (χ1v) is 13.8. The molecule has 194 valence electrons. The average molecular weight is 557 g/mol. The summed E-state index contributed by atoms with van der Waals surface area (Å²) in [6.45, 7) is 3.89. The Morgan fingerprint density at radius 3 is 2.56 bits per heavy atom. The van der Waals surface area contributed by atoms with E-state index < -0.39 is 16.9 Å². The molecule has 0 unspecified atom stereocenters. The molecule has 0 fully saturated rings. The van der Waals surface area contributed by atoms with Gasteiger partial charge in [0.05, 0.1) is 21.9 Å². The lowest BCUT2D eigenvalue weighted by Crippen LogP contribution is -2.29. The second-order valence-electron chi connectivity index (χ2n) is 9.23. The number of carbonyl (C=O) groups excluding carboxylic acids is 1. The Kier molecular flexibility index (Phi) is 6.24. The lowest BCUT2D eigenvalue weighted by atomic mass is 9.98. The zero-order valence-electron chi connectivity index (χ0n) is 20.8. The number of hydrogen-bond donors (Lipinski definition) is 0. The number of rotatable bonds is 6. The van der Waals surface area contributed by atoms with Gasteiger partial charge in [-0.2, -0.15) is 0 Å². The number of nitrogens with zero attached hydrogens (tertiary/aromatic N) is 4. The van der Waals surface area contributed by atoms with Gasteiger partial charge in [-0.25, -0.2) is 0 Å². The number of non-ortho nitro benzene ring substituents is 1. The van der Waals surface area contributed by atoms with Crippen molar-refractivity contribution in [3.63, 3.8) is 0 Å². The van der Waals surface area contributed by atoms with Crippen molar-refractivity contribution >= 4 is 50.8 Å². The molecular formula is C28H20N4O5S2. The number of nitro groups is 1. The van der Waals surface area contributed by atoms with E-state index in [4.69, 9.17) is 4.42 Å². The summed E-state index contributed by atoms with van der Waals surface area (Å²) in [7, 11) is 0. The van der Waals surface area contributed by atoms with Crippen molar-refractivity contribution in [1.82, 2.24) is 10.2 Å². The minimum absolute atomic E-state index is 0.100. The van der Waals surface area contributed by atoms with Crippen molar-refractivity contribution in [3.8, 4) is 0 Å². The summed E-state index contributed by atoms with van der Waals surface area (Å²) in [6, 6.07) is 18.3. The monoisotopic (exact) mass is 556 g/mol. The first kappa shape index (κ1) is 25.0. The molecule has 1 aliphatic heterocycles. The van der Waals surface area contributed by atoms with E-state index in [1.165, 1.54) is 51.8 Å². The Labute approximate surface area is 230 Å². The van der Waals surface area contributed by atoms with Crippen LogP contribution in [0.25, 0.3) is 11.0 Å². The molecule has 0 bridgehead atoms. The van der Waals surface area contributed by atoms with E-state index in [-0.39, 0.29) is 27.6 Å². The summed E-state index contributed by atoms with van der Waals surface area (Å²) in [5.41, 5.74) is 3.47. The normalized spacial score (nSPS) is 14.7. The van der Waals surface area contributed by atoms with Crippen LogP contribution in [0.2, 0.25) is 0 Å². The van der Waals surface area contributed by atoms with Crippen LogP contribution in [0.3, 0.4) is 0 Å². The fraction of sp³-hybridized carbons (Fsp3) is 0.143. The van der Waals surface area contributed by atoms with Gasteiger partial charge >= 0.3 is 0 Å². The van der Waals surface area contributed by atoms with Crippen LogP contribution in [-0.4, -0.2) is 21.0 Å². The van der Waals surface area contributed by atoms with Gasteiger partial charge in [-0.3, -0.25) is 24.6 Å². The maximum atomic E-state index is 13.8. The molecule has 0 aliphatic carbocycles. The molecule has 3 heterocycles. The molecule has 2 aromatic heterocycles. The van der Waals surface area contributed by atoms with Gasteiger partial charge in [0.1, 0.15) is 5.58 Å². The summed E-state index contributed by atoms with van der Waals surface area (Å²) in [4.78, 5) is 39.9. The van der Waals surface area contributed by atoms with Crippen LogP contribution in [0, 0.1) is 24.0 Å². The second-order valence-corrected chi connectivity index (χ2v) is 11.4. The number of nitro benzene ring substituents is 1. The number of fused-ring (bicyclic) bond motifs is 2. The Bertz CT molecular complexity index is 1830. The van der Waals surface area contributed by atoms with Gasteiger partial charge in [0, 0.05) is 17.9 Å². The smallest absolute Gasteiger partial charge is 0.297 e. The van der Waals surface area contributed by atoms with Crippen LogP contribution in [0.1, 0.15) is 44.4 Å². The zero-order chi connectivity index (χ0) is 27.3. The summed E-state index contributed by atoms with van der Waals surface area (Å²) in [6.07, 6.45) is 0. The molecule has 0 saturated carbocycles. The van der Waals surface area contributed by atoms with Gasteiger partial charge in [0.2, 0.25) is 10.9 Å². The van der Waals surface area contributed by atoms with E-state index >= 15 is 0 Å². The van der Waals surface area contributed by atoms with Crippen LogP contribution in [0.15, 0.2) is 80.3 Å². The Hall–Kier alpha value is -4.35. The van der Waals surface area contributed by atoms with Crippen LogP contribution in [0.4, 0.5) is 10.8 Å². The molecule has 5 aromatic rings. The summed E-state index contributed by atoms with van der Waals surface area (Å²) >= 11 is 2.70. The highest BCUT2D eigenvalue weighted by Gasteiger charge is 2.45. The summed E-state index contributed by atoms with van der Waals surface area (Å²) in [5, 5.41) is 20.7. The number of hydrogen-bond acceptors (Lipinski definition) is 9. The highest BCUT2D eigenvalue weighted by molar-refractivity contribution is 8.00. The van der Waals surface area contributed by atoms with Crippen molar-refractivity contribution in [2.75, 3.05) is 4.90 Å². The van der Waals surface area contributed by atoms with E-state index in [1.54, 1.807) is 24.3 Å². The topological polar surface area (TPSA) is 119 Å². The van der Waals surface area contributed by atoms with Crippen molar-refractivity contribution in [2.24, 2.45) is 0 Å². The molecule has 0 spiro atoms. The van der Waals surface area contributed by atoms with Gasteiger partial charge in [-0.15, -0.1) is 10.2 Å². The van der Waals surface area contributed by atoms with Crippen molar-refractivity contribution < 1.29 is 14.1 Å². The van der Waals surface area contributed by atoms with Gasteiger partial charge in [-0.1, -0.05) is 76.7 Å². The maximum Gasteiger partial charge on any atom is 0.297 e. The lowest BCUT2D eigenvalue weighted by molar-refractivity contribution is -0.384. The van der Waals surface area contributed by atoms with E-state index in [1.807, 2.05) is 38.1 Å². The van der Waals surface area contributed by atoms with Gasteiger partial charge in [0.15, 0.2) is 9.77 Å². The molecule has 11 heteroatoms. The third-order valence-electron chi connectivity index (χ3n) is 6.51. The highest BCUT2D eigenvalue weighted by atomic mass is 32.2. The Balaban J connectivity index is 1.45. The summed E-state index contributed by atoms with van der Waals surface area (Å²) in [5.74, 6) is 0.0200. The Morgan fingerprint density at radius 2 is 1.79 bits per heavy atom. The second kappa shape index (κ2) is 9.75.